The standard InChI is InChI=1S/C18H23NO3S2/c1-18(2,3)24(20)19-17(15-9-12-23-13-15)14-5-7-16(8-6-14)22-11-10-21-4/h5-9,12-13H,10-11H2,1-4H3/b19-17+. The molecule has 2 aromatic rings. The van der Waals surface area contributed by atoms with E-state index in [1.54, 1.807) is 18.4 Å². The van der Waals surface area contributed by atoms with Crippen molar-refractivity contribution in [1.82, 2.24) is 0 Å². The van der Waals surface area contributed by atoms with Crippen molar-refractivity contribution < 1.29 is 14.0 Å². The van der Waals surface area contributed by atoms with Gasteiger partial charge in [0.05, 0.1) is 6.61 Å². The molecule has 0 fully saturated rings. The summed E-state index contributed by atoms with van der Waals surface area (Å²) < 4.78 is 27.1. The highest BCUT2D eigenvalue weighted by Gasteiger charge is 2.28. The molecule has 0 bridgehead atoms. The minimum Gasteiger partial charge on any atom is -0.591 e. The molecule has 24 heavy (non-hydrogen) atoms. The van der Waals surface area contributed by atoms with E-state index in [9.17, 15) is 4.55 Å². The van der Waals surface area contributed by atoms with Crippen LogP contribution < -0.4 is 4.74 Å². The Morgan fingerprint density at radius 1 is 1.12 bits per heavy atom. The van der Waals surface area contributed by atoms with Crippen molar-refractivity contribution in [3.05, 3.63) is 52.2 Å². The molecule has 6 heteroatoms. The summed E-state index contributed by atoms with van der Waals surface area (Å²) in [5, 5.41) is 4.01. The van der Waals surface area contributed by atoms with Crippen molar-refractivity contribution in [1.29, 1.82) is 0 Å². The van der Waals surface area contributed by atoms with Crippen molar-refractivity contribution in [2.75, 3.05) is 20.3 Å². The van der Waals surface area contributed by atoms with Gasteiger partial charge in [-0.3, -0.25) is 0 Å². The fourth-order valence-corrected chi connectivity index (χ4v) is 3.13. The Kier molecular flexibility index (Phi) is 6.86. The van der Waals surface area contributed by atoms with Crippen molar-refractivity contribution in [3.63, 3.8) is 0 Å². The summed E-state index contributed by atoms with van der Waals surface area (Å²) in [5.74, 6) is 0.775. The molecule has 2 rings (SSSR count). The highest BCUT2D eigenvalue weighted by atomic mass is 32.2. The van der Waals surface area contributed by atoms with Gasteiger partial charge in [-0.2, -0.15) is 11.3 Å². The average Bonchev–Trinajstić information content (AvgIpc) is 3.06. The Morgan fingerprint density at radius 3 is 2.38 bits per heavy atom. The molecule has 1 heterocycles. The van der Waals surface area contributed by atoms with E-state index in [1.165, 1.54) is 0 Å². The number of nitrogens with zero attached hydrogens (tertiary/aromatic N) is 1. The van der Waals surface area contributed by atoms with Crippen molar-refractivity contribution >= 4 is 28.4 Å². The van der Waals surface area contributed by atoms with Gasteiger partial charge in [0.25, 0.3) is 0 Å². The predicted octanol–water partition coefficient (Wildman–Crippen LogP) is 4.07. The largest absolute Gasteiger partial charge is 0.591 e. The zero-order valence-electron chi connectivity index (χ0n) is 14.4. The highest BCUT2D eigenvalue weighted by molar-refractivity contribution is 7.91. The zero-order chi connectivity index (χ0) is 17.6. The summed E-state index contributed by atoms with van der Waals surface area (Å²) in [7, 11) is 1.64. The van der Waals surface area contributed by atoms with Gasteiger partial charge in [0, 0.05) is 23.6 Å². The maximum Gasteiger partial charge on any atom is 0.144 e. The predicted molar refractivity (Wildman–Crippen MR) is 102 cm³/mol. The Hall–Kier alpha value is -1.34. The first-order chi connectivity index (χ1) is 11.4. The summed E-state index contributed by atoms with van der Waals surface area (Å²) in [4.78, 5) is 0. The summed E-state index contributed by atoms with van der Waals surface area (Å²) in [6, 6.07) is 9.67. The molecule has 1 aromatic heterocycles. The number of benzene rings is 1. The topological polar surface area (TPSA) is 53.9 Å². The number of rotatable bonds is 7. The van der Waals surface area contributed by atoms with Crippen LogP contribution in [-0.4, -0.2) is 35.3 Å². The summed E-state index contributed by atoms with van der Waals surface area (Å²) >= 11 is 0.276. The fourth-order valence-electron chi connectivity index (χ4n) is 1.84. The molecular weight excluding hydrogens is 342 g/mol. The van der Waals surface area contributed by atoms with Gasteiger partial charge in [0.2, 0.25) is 0 Å². The molecule has 1 unspecified atom stereocenters. The Balaban J connectivity index is 2.26. The molecule has 0 aliphatic carbocycles. The Morgan fingerprint density at radius 2 is 1.83 bits per heavy atom. The van der Waals surface area contributed by atoms with E-state index in [0.29, 0.717) is 13.2 Å². The second-order valence-electron chi connectivity index (χ2n) is 6.18. The quantitative estimate of drug-likeness (QED) is 0.422. The third-order valence-corrected chi connectivity index (χ3v) is 5.26. The molecule has 4 nitrogen and oxygen atoms in total. The second kappa shape index (κ2) is 8.67. The zero-order valence-corrected chi connectivity index (χ0v) is 16.1. The van der Waals surface area contributed by atoms with Gasteiger partial charge in [-0.15, -0.1) is 0 Å². The van der Waals surface area contributed by atoms with Crippen molar-refractivity contribution in [2.45, 2.75) is 25.5 Å². The summed E-state index contributed by atoms with van der Waals surface area (Å²) in [6.07, 6.45) is 0. The lowest BCUT2D eigenvalue weighted by Crippen LogP contribution is -2.27. The average molecular weight is 366 g/mol. The third-order valence-electron chi connectivity index (χ3n) is 3.18. The summed E-state index contributed by atoms with van der Waals surface area (Å²) in [5.41, 5.74) is 2.64. The first-order valence-corrected chi connectivity index (χ1v) is 9.72. The molecule has 0 N–H and O–H groups in total. The van der Waals surface area contributed by atoms with E-state index in [4.69, 9.17) is 9.47 Å². The number of hydrogen-bond acceptors (Lipinski definition) is 5. The molecule has 0 aliphatic heterocycles. The molecule has 1 aromatic carbocycles. The molecule has 130 valence electrons. The van der Waals surface area contributed by atoms with Gasteiger partial charge in [-0.05, 0) is 56.5 Å². The summed E-state index contributed by atoms with van der Waals surface area (Å²) in [6.45, 7) is 6.82. The van der Waals surface area contributed by atoms with Crippen molar-refractivity contribution in [2.24, 2.45) is 4.40 Å². The van der Waals surface area contributed by atoms with Crippen molar-refractivity contribution in [3.8, 4) is 5.75 Å². The molecule has 0 saturated carbocycles. The van der Waals surface area contributed by atoms with E-state index in [0.717, 1.165) is 22.6 Å². The van der Waals surface area contributed by atoms with Crippen LogP contribution >= 0.6 is 11.3 Å². The first kappa shape index (κ1) is 19.0. The lowest BCUT2D eigenvalue weighted by molar-refractivity contribution is 0.146. The van der Waals surface area contributed by atoms with Crippen LogP contribution in [0.4, 0.5) is 0 Å². The maximum absolute atomic E-state index is 12.5. The molecule has 0 radical (unpaired) electrons. The molecule has 0 saturated heterocycles. The van der Waals surface area contributed by atoms with E-state index < -0.39 is 16.1 Å². The molecule has 0 amide bonds. The van der Waals surface area contributed by atoms with Gasteiger partial charge >= 0.3 is 0 Å². The lowest BCUT2D eigenvalue weighted by Gasteiger charge is -2.19. The van der Waals surface area contributed by atoms with E-state index in [-0.39, 0.29) is 0 Å². The number of thiophene rings is 1. The molecule has 0 aliphatic rings. The minimum atomic E-state index is -1.32. The second-order valence-corrected chi connectivity index (χ2v) is 8.86. The first-order valence-electron chi connectivity index (χ1n) is 7.67. The minimum absolute atomic E-state index is 0.398. The molecule has 0 spiro atoms. The number of ether oxygens (including phenoxy) is 2. The van der Waals surface area contributed by atoms with Gasteiger partial charge in [0.1, 0.15) is 34.2 Å². The van der Waals surface area contributed by atoms with Crippen LogP contribution in [0.2, 0.25) is 0 Å². The molecular formula is C18H23NO3S2. The number of methoxy groups -OCH3 is 1. The van der Waals surface area contributed by atoms with Crippen LogP contribution in [0, 0.1) is 0 Å². The molecule has 1 atom stereocenters. The third kappa shape index (κ3) is 5.34. The maximum atomic E-state index is 12.5. The highest BCUT2D eigenvalue weighted by Crippen LogP contribution is 2.23. The van der Waals surface area contributed by atoms with Crippen LogP contribution in [0.3, 0.4) is 0 Å². The van der Waals surface area contributed by atoms with E-state index >= 15 is 0 Å². The van der Waals surface area contributed by atoms with Crippen LogP contribution in [0.15, 0.2) is 45.5 Å². The van der Waals surface area contributed by atoms with E-state index in [2.05, 4.69) is 4.40 Å². The normalized spacial score (nSPS) is 13.8. The van der Waals surface area contributed by atoms with Crippen LogP contribution in [0.5, 0.6) is 5.75 Å². The van der Waals surface area contributed by atoms with Crippen LogP contribution in [-0.2, 0) is 16.1 Å². The monoisotopic (exact) mass is 365 g/mol. The Labute approximate surface area is 150 Å². The Bertz CT molecular complexity index is 646. The van der Waals surface area contributed by atoms with E-state index in [1.807, 2.05) is 61.9 Å². The fraction of sp³-hybridized carbons (Fsp3) is 0.389. The van der Waals surface area contributed by atoms with Gasteiger partial charge in [-0.25, -0.2) is 0 Å². The van der Waals surface area contributed by atoms with Gasteiger partial charge in [0.15, 0.2) is 0 Å². The van der Waals surface area contributed by atoms with Gasteiger partial charge in [-0.1, -0.05) is 4.40 Å². The van der Waals surface area contributed by atoms with Gasteiger partial charge < -0.3 is 14.0 Å². The SMILES string of the molecule is COCCOc1ccc(/C(=N\[S+]([O-])C(C)(C)C)c2ccsc2)cc1. The number of hydrogen-bond donors (Lipinski definition) is 0. The van der Waals surface area contributed by atoms with Crippen LogP contribution in [0.25, 0.3) is 0 Å². The smallest absolute Gasteiger partial charge is 0.144 e. The van der Waals surface area contributed by atoms with Crippen LogP contribution in [0.1, 0.15) is 31.9 Å². The lowest BCUT2D eigenvalue weighted by atomic mass is 10.1.